The molecule has 0 amide bonds. The SMILES string of the molecule is CCNCc1cnn(C)c1C(=O)O. The van der Waals surface area contributed by atoms with Crippen molar-refractivity contribution in [1.82, 2.24) is 15.1 Å². The Labute approximate surface area is 76.4 Å². The average Bonchev–Trinajstić information content (AvgIpc) is 2.43. The summed E-state index contributed by atoms with van der Waals surface area (Å²) in [4.78, 5) is 10.8. The quantitative estimate of drug-likeness (QED) is 0.701. The topological polar surface area (TPSA) is 67.2 Å². The van der Waals surface area contributed by atoms with E-state index in [1.54, 1.807) is 13.2 Å². The van der Waals surface area contributed by atoms with Crippen LogP contribution >= 0.6 is 0 Å². The summed E-state index contributed by atoms with van der Waals surface area (Å²) in [7, 11) is 1.62. The van der Waals surface area contributed by atoms with Crippen molar-refractivity contribution in [2.45, 2.75) is 13.5 Å². The summed E-state index contributed by atoms with van der Waals surface area (Å²) in [6.07, 6.45) is 1.58. The van der Waals surface area contributed by atoms with E-state index in [9.17, 15) is 4.79 Å². The van der Waals surface area contributed by atoms with E-state index in [0.717, 1.165) is 12.1 Å². The first kappa shape index (κ1) is 9.73. The van der Waals surface area contributed by atoms with Crippen LogP contribution in [0.1, 0.15) is 23.0 Å². The number of aryl methyl sites for hydroxylation is 1. The number of nitrogens with one attached hydrogen (secondary N) is 1. The third-order valence-electron chi connectivity index (χ3n) is 1.78. The van der Waals surface area contributed by atoms with E-state index in [1.807, 2.05) is 6.92 Å². The first-order chi connectivity index (χ1) is 6.16. The summed E-state index contributed by atoms with van der Waals surface area (Å²) >= 11 is 0. The smallest absolute Gasteiger partial charge is 0.354 e. The van der Waals surface area contributed by atoms with Crippen LogP contribution in [-0.2, 0) is 13.6 Å². The van der Waals surface area contributed by atoms with Gasteiger partial charge in [0.2, 0.25) is 0 Å². The summed E-state index contributed by atoms with van der Waals surface area (Å²) in [5.41, 5.74) is 0.970. The Balaban J connectivity index is 2.87. The number of hydrogen-bond acceptors (Lipinski definition) is 3. The molecule has 0 saturated heterocycles. The molecular weight excluding hydrogens is 170 g/mol. The highest BCUT2D eigenvalue weighted by Crippen LogP contribution is 2.06. The molecule has 72 valence electrons. The van der Waals surface area contributed by atoms with Gasteiger partial charge >= 0.3 is 5.97 Å². The molecule has 0 aliphatic carbocycles. The van der Waals surface area contributed by atoms with Crippen LogP contribution in [0.15, 0.2) is 6.20 Å². The van der Waals surface area contributed by atoms with Crippen molar-refractivity contribution in [3.63, 3.8) is 0 Å². The van der Waals surface area contributed by atoms with Gasteiger partial charge in [0.25, 0.3) is 0 Å². The van der Waals surface area contributed by atoms with Crippen molar-refractivity contribution < 1.29 is 9.90 Å². The Kier molecular flexibility index (Phi) is 3.02. The monoisotopic (exact) mass is 183 g/mol. The number of rotatable bonds is 4. The Hall–Kier alpha value is -1.36. The molecule has 5 heteroatoms. The second-order valence-electron chi connectivity index (χ2n) is 2.73. The van der Waals surface area contributed by atoms with Gasteiger partial charge in [0.1, 0.15) is 5.69 Å². The minimum Gasteiger partial charge on any atom is -0.477 e. The second-order valence-corrected chi connectivity index (χ2v) is 2.73. The first-order valence-corrected chi connectivity index (χ1v) is 4.11. The van der Waals surface area contributed by atoms with Crippen molar-refractivity contribution in [1.29, 1.82) is 0 Å². The molecule has 0 saturated carbocycles. The molecule has 1 rings (SSSR count). The van der Waals surface area contributed by atoms with Crippen LogP contribution in [-0.4, -0.2) is 27.4 Å². The van der Waals surface area contributed by atoms with E-state index in [1.165, 1.54) is 4.68 Å². The Bertz CT molecular complexity index is 306. The largest absolute Gasteiger partial charge is 0.477 e. The molecule has 0 spiro atoms. The number of carboxylic acid groups (broad SMARTS) is 1. The maximum Gasteiger partial charge on any atom is 0.354 e. The molecule has 0 radical (unpaired) electrons. The standard InChI is InChI=1S/C8H13N3O2/c1-3-9-4-6-5-10-11(2)7(6)8(12)13/h5,9H,3-4H2,1-2H3,(H,12,13). The highest BCUT2D eigenvalue weighted by Gasteiger charge is 2.14. The van der Waals surface area contributed by atoms with Gasteiger partial charge in [-0.05, 0) is 6.54 Å². The predicted octanol–water partition coefficient (Wildman–Crippen LogP) is 0.228. The normalized spacial score (nSPS) is 10.3. The van der Waals surface area contributed by atoms with Crippen molar-refractivity contribution in [2.75, 3.05) is 6.54 Å². The van der Waals surface area contributed by atoms with E-state index in [-0.39, 0.29) is 5.69 Å². The molecule has 1 aromatic rings. The lowest BCUT2D eigenvalue weighted by atomic mass is 10.2. The molecule has 0 aliphatic rings. The van der Waals surface area contributed by atoms with Crippen molar-refractivity contribution in [3.8, 4) is 0 Å². The van der Waals surface area contributed by atoms with Gasteiger partial charge in [-0.25, -0.2) is 4.79 Å². The van der Waals surface area contributed by atoms with Crippen molar-refractivity contribution in [2.24, 2.45) is 7.05 Å². The van der Waals surface area contributed by atoms with Gasteiger partial charge in [-0.15, -0.1) is 0 Å². The van der Waals surface area contributed by atoms with Crippen LogP contribution in [0, 0.1) is 0 Å². The van der Waals surface area contributed by atoms with Crippen LogP contribution in [0.2, 0.25) is 0 Å². The van der Waals surface area contributed by atoms with Crippen molar-refractivity contribution >= 4 is 5.97 Å². The summed E-state index contributed by atoms with van der Waals surface area (Å²) in [6, 6.07) is 0. The first-order valence-electron chi connectivity index (χ1n) is 4.11. The number of carboxylic acids is 1. The van der Waals surface area contributed by atoms with E-state index in [0.29, 0.717) is 6.54 Å². The fraction of sp³-hybridized carbons (Fsp3) is 0.500. The number of hydrogen-bond donors (Lipinski definition) is 2. The number of carbonyl (C=O) groups is 1. The van der Waals surface area contributed by atoms with Gasteiger partial charge in [0.15, 0.2) is 0 Å². The van der Waals surface area contributed by atoms with Crippen LogP contribution < -0.4 is 5.32 Å². The summed E-state index contributed by atoms with van der Waals surface area (Å²) in [6.45, 7) is 3.33. The molecular formula is C8H13N3O2. The van der Waals surface area contributed by atoms with E-state index in [2.05, 4.69) is 10.4 Å². The zero-order valence-corrected chi connectivity index (χ0v) is 7.74. The minimum absolute atomic E-state index is 0.251. The van der Waals surface area contributed by atoms with Gasteiger partial charge in [0, 0.05) is 19.2 Å². The van der Waals surface area contributed by atoms with Gasteiger partial charge in [-0.3, -0.25) is 4.68 Å². The number of aromatic nitrogens is 2. The molecule has 0 aliphatic heterocycles. The lowest BCUT2D eigenvalue weighted by molar-refractivity contribution is 0.0683. The highest BCUT2D eigenvalue weighted by atomic mass is 16.4. The number of nitrogens with zero attached hydrogens (tertiary/aromatic N) is 2. The summed E-state index contributed by atoms with van der Waals surface area (Å²) in [5.74, 6) is -0.937. The fourth-order valence-electron chi connectivity index (χ4n) is 1.15. The second kappa shape index (κ2) is 4.04. The van der Waals surface area contributed by atoms with Gasteiger partial charge in [0.05, 0.1) is 6.20 Å². The number of aromatic carboxylic acids is 1. The average molecular weight is 183 g/mol. The van der Waals surface area contributed by atoms with E-state index >= 15 is 0 Å². The Morgan fingerprint density at radius 2 is 2.46 bits per heavy atom. The molecule has 0 fully saturated rings. The summed E-state index contributed by atoms with van der Waals surface area (Å²) < 4.78 is 1.37. The zero-order valence-electron chi connectivity index (χ0n) is 7.74. The van der Waals surface area contributed by atoms with Crippen LogP contribution in [0.25, 0.3) is 0 Å². The molecule has 0 bridgehead atoms. The van der Waals surface area contributed by atoms with Gasteiger partial charge in [-0.2, -0.15) is 5.10 Å². The van der Waals surface area contributed by atoms with Crippen molar-refractivity contribution in [3.05, 3.63) is 17.5 Å². The lowest BCUT2D eigenvalue weighted by Gasteiger charge is -2.01. The molecule has 0 aromatic carbocycles. The van der Waals surface area contributed by atoms with E-state index < -0.39 is 5.97 Å². The molecule has 0 atom stereocenters. The van der Waals surface area contributed by atoms with Gasteiger partial charge in [-0.1, -0.05) is 6.92 Å². The maximum absolute atomic E-state index is 10.8. The Morgan fingerprint density at radius 1 is 1.77 bits per heavy atom. The fourth-order valence-corrected chi connectivity index (χ4v) is 1.15. The van der Waals surface area contributed by atoms with Crippen LogP contribution in [0.5, 0.6) is 0 Å². The third-order valence-corrected chi connectivity index (χ3v) is 1.78. The van der Waals surface area contributed by atoms with Crippen LogP contribution in [0.4, 0.5) is 0 Å². The highest BCUT2D eigenvalue weighted by molar-refractivity contribution is 5.87. The molecule has 13 heavy (non-hydrogen) atoms. The third kappa shape index (κ3) is 2.06. The summed E-state index contributed by atoms with van der Waals surface area (Å²) in [5, 5.41) is 15.8. The Morgan fingerprint density at radius 3 is 3.00 bits per heavy atom. The minimum atomic E-state index is -0.937. The predicted molar refractivity (Wildman–Crippen MR) is 47.5 cm³/mol. The lowest BCUT2D eigenvalue weighted by Crippen LogP contribution is -2.15. The zero-order chi connectivity index (χ0) is 9.84. The van der Waals surface area contributed by atoms with Crippen LogP contribution in [0.3, 0.4) is 0 Å². The van der Waals surface area contributed by atoms with E-state index in [4.69, 9.17) is 5.11 Å². The molecule has 1 heterocycles. The van der Waals surface area contributed by atoms with Gasteiger partial charge < -0.3 is 10.4 Å². The molecule has 0 unspecified atom stereocenters. The molecule has 2 N–H and O–H groups in total. The maximum atomic E-state index is 10.8. The molecule has 5 nitrogen and oxygen atoms in total. The molecule has 1 aromatic heterocycles.